The molecule has 0 aliphatic heterocycles. The Morgan fingerprint density at radius 1 is 1.12 bits per heavy atom. The lowest BCUT2D eigenvalue weighted by Gasteiger charge is -2.22. The number of allylic oxidation sites excluding steroid dienone is 1. The first-order valence-corrected chi connectivity index (χ1v) is 6.08. The summed E-state index contributed by atoms with van der Waals surface area (Å²) in [5.41, 5.74) is 5.76. The van der Waals surface area contributed by atoms with Crippen LogP contribution in [0.5, 0.6) is 0 Å². The van der Waals surface area contributed by atoms with Crippen molar-refractivity contribution in [3.8, 4) is 0 Å². The average molecular weight is 215 g/mol. The van der Waals surface area contributed by atoms with Crippen LogP contribution in [0.1, 0.15) is 32.8 Å². The SMILES string of the molecule is CCC=C=Cc1ccccc1N(CC)CC. The Balaban J connectivity index is 3.04. The van der Waals surface area contributed by atoms with E-state index in [0.29, 0.717) is 0 Å². The van der Waals surface area contributed by atoms with Gasteiger partial charge in [-0.05, 0) is 38.5 Å². The van der Waals surface area contributed by atoms with Gasteiger partial charge in [-0.3, -0.25) is 0 Å². The summed E-state index contributed by atoms with van der Waals surface area (Å²) >= 11 is 0. The van der Waals surface area contributed by atoms with E-state index < -0.39 is 0 Å². The summed E-state index contributed by atoms with van der Waals surface area (Å²) in [7, 11) is 0. The summed E-state index contributed by atoms with van der Waals surface area (Å²) in [6.45, 7) is 8.58. The molecular weight excluding hydrogens is 194 g/mol. The average Bonchev–Trinajstić information content (AvgIpc) is 2.33. The molecular formula is C15H21N. The highest BCUT2D eigenvalue weighted by atomic mass is 15.1. The number of hydrogen-bond acceptors (Lipinski definition) is 1. The highest BCUT2D eigenvalue weighted by molar-refractivity contribution is 5.67. The number of anilines is 1. The zero-order valence-electron chi connectivity index (χ0n) is 10.5. The molecule has 0 aliphatic rings. The minimum Gasteiger partial charge on any atom is -0.372 e. The summed E-state index contributed by atoms with van der Waals surface area (Å²) in [4.78, 5) is 2.36. The van der Waals surface area contributed by atoms with E-state index in [1.54, 1.807) is 0 Å². The normalized spacial score (nSPS) is 9.44. The van der Waals surface area contributed by atoms with Crippen LogP contribution in [-0.4, -0.2) is 13.1 Å². The molecule has 86 valence electrons. The maximum Gasteiger partial charge on any atom is 0.0445 e. The summed E-state index contributed by atoms with van der Waals surface area (Å²) in [6.07, 6.45) is 5.15. The van der Waals surface area contributed by atoms with Crippen molar-refractivity contribution in [2.45, 2.75) is 27.2 Å². The van der Waals surface area contributed by atoms with Gasteiger partial charge >= 0.3 is 0 Å². The van der Waals surface area contributed by atoms with E-state index in [1.165, 1.54) is 11.3 Å². The molecule has 0 radical (unpaired) electrons. The standard InChI is InChI=1S/C15H21N/c1-4-7-8-11-14-12-9-10-13-15(14)16(5-2)6-3/h7,9-13H,4-6H2,1-3H3. The van der Waals surface area contributed by atoms with E-state index in [9.17, 15) is 0 Å². The summed E-state index contributed by atoms with van der Waals surface area (Å²) in [6, 6.07) is 8.48. The van der Waals surface area contributed by atoms with Crippen molar-refractivity contribution in [2.75, 3.05) is 18.0 Å². The van der Waals surface area contributed by atoms with E-state index in [2.05, 4.69) is 67.8 Å². The molecule has 1 heteroatoms. The molecule has 0 N–H and O–H groups in total. The number of nitrogens with zero attached hydrogens (tertiary/aromatic N) is 1. The molecule has 0 heterocycles. The first-order chi connectivity index (χ1) is 7.83. The second-order valence-corrected chi connectivity index (χ2v) is 3.65. The zero-order chi connectivity index (χ0) is 11.8. The smallest absolute Gasteiger partial charge is 0.0445 e. The largest absolute Gasteiger partial charge is 0.372 e. The monoisotopic (exact) mass is 215 g/mol. The summed E-state index contributed by atoms with van der Waals surface area (Å²) in [5.74, 6) is 0. The van der Waals surface area contributed by atoms with Gasteiger partial charge in [-0.25, -0.2) is 0 Å². The van der Waals surface area contributed by atoms with Crippen molar-refractivity contribution in [1.29, 1.82) is 0 Å². The number of hydrogen-bond donors (Lipinski definition) is 0. The molecule has 0 aliphatic carbocycles. The number of rotatable bonds is 5. The Labute approximate surface area is 99.1 Å². The topological polar surface area (TPSA) is 3.24 Å². The third-order valence-electron chi connectivity index (χ3n) is 2.60. The molecule has 1 aromatic rings. The van der Waals surface area contributed by atoms with Crippen molar-refractivity contribution in [3.63, 3.8) is 0 Å². The van der Waals surface area contributed by atoms with Gasteiger partial charge in [0.2, 0.25) is 0 Å². The molecule has 0 atom stereocenters. The van der Waals surface area contributed by atoms with Gasteiger partial charge in [0, 0.05) is 24.3 Å². The lowest BCUT2D eigenvalue weighted by molar-refractivity contribution is 0.865. The lowest BCUT2D eigenvalue weighted by Crippen LogP contribution is -2.22. The minimum absolute atomic E-state index is 1.03. The third kappa shape index (κ3) is 3.29. The Morgan fingerprint density at radius 3 is 2.44 bits per heavy atom. The predicted octanol–water partition coefficient (Wildman–Crippen LogP) is 4.11. The molecule has 1 rings (SSSR count). The minimum atomic E-state index is 1.03. The molecule has 0 bridgehead atoms. The van der Waals surface area contributed by atoms with Gasteiger partial charge in [-0.2, -0.15) is 0 Å². The van der Waals surface area contributed by atoms with Gasteiger partial charge in [0.15, 0.2) is 0 Å². The van der Waals surface area contributed by atoms with Gasteiger partial charge in [0.05, 0.1) is 0 Å². The molecule has 0 fully saturated rings. The van der Waals surface area contributed by atoms with E-state index in [-0.39, 0.29) is 0 Å². The van der Waals surface area contributed by atoms with Gasteiger partial charge in [0.1, 0.15) is 0 Å². The number of para-hydroxylation sites is 1. The molecule has 0 unspecified atom stereocenters. The molecule has 0 amide bonds. The Morgan fingerprint density at radius 2 is 1.81 bits per heavy atom. The van der Waals surface area contributed by atoms with Gasteiger partial charge in [-0.1, -0.05) is 25.1 Å². The summed E-state index contributed by atoms with van der Waals surface area (Å²) < 4.78 is 0. The van der Waals surface area contributed by atoms with Gasteiger partial charge in [0.25, 0.3) is 0 Å². The Bertz CT molecular complexity index is 369. The van der Waals surface area contributed by atoms with E-state index in [1.807, 2.05) is 0 Å². The van der Waals surface area contributed by atoms with Crippen LogP contribution in [0.4, 0.5) is 5.69 Å². The third-order valence-corrected chi connectivity index (χ3v) is 2.60. The van der Waals surface area contributed by atoms with Crippen LogP contribution in [0.15, 0.2) is 36.1 Å². The second kappa shape index (κ2) is 6.92. The van der Waals surface area contributed by atoms with Crippen molar-refractivity contribution in [3.05, 3.63) is 41.6 Å². The van der Waals surface area contributed by atoms with Crippen LogP contribution in [-0.2, 0) is 0 Å². The van der Waals surface area contributed by atoms with E-state index in [0.717, 1.165) is 19.5 Å². The second-order valence-electron chi connectivity index (χ2n) is 3.65. The fraction of sp³-hybridized carbons (Fsp3) is 0.400. The van der Waals surface area contributed by atoms with E-state index >= 15 is 0 Å². The maximum atomic E-state index is 3.22. The molecule has 0 spiro atoms. The van der Waals surface area contributed by atoms with Crippen molar-refractivity contribution in [2.24, 2.45) is 0 Å². The fourth-order valence-electron chi connectivity index (χ4n) is 1.73. The maximum absolute atomic E-state index is 3.22. The summed E-state index contributed by atoms with van der Waals surface area (Å²) in [5, 5.41) is 0. The van der Waals surface area contributed by atoms with Crippen molar-refractivity contribution < 1.29 is 0 Å². The van der Waals surface area contributed by atoms with Crippen molar-refractivity contribution in [1.82, 2.24) is 0 Å². The van der Waals surface area contributed by atoms with Gasteiger partial charge < -0.3 is 4.90 Å². The highest BCUT2D eigenvalue weighted by Crippen LogP contribution is 2.20. The van der Waals surface area contributed by atoms with Crippen LogP contribution < -0.4 is 4.90 Å². The van der Waals surface area contributed by atoms with Crippen LogP contribution in [0.3, 0.4) is 0 Å². The van der Waals surface area contributed by atoms with Crippen LogP contribution in [0.25, 0.3) is 6.08 Å². The Hall–Kier alpha value is -1.46. The molecule has 16 heavy (non-hydrogen) atoms. The quantitative estimate of drug-likeness (QED) is 0.668. The molecule has 0 saturated carbocycles. The first kappa shape index (κ1) is 12.6. The van der Waals surface area contributed by atoms with Crippen LogP contribution in [0, 0.1) is 0 Å². The fourth-order valence-corrected chi connectivity index (χ4v) is 1.73. The van der Waals surface area contributed by atoms with Gasteiger partial charge in [-0.15, -0.1) is 5.73 Å². The van der Waals surface area contributed by atoms with Crippen LogP contribution in [0.2, 0.25) is 0 Å². The molecule has 1 aromatic carbocycles. The van der Waals surface area contributed by atoms with Crippen molar-refractivity contribution >= 4 is 11.8 Å². The molecule has 0 saturated heterocycles. The molecule has 1 nitrogen and oxygen atoms in total. The lowest BCUT2D eigenvalue weighted by atomic mass is 10.1. The van der Waals surface area contributed by atoms with E-state index in [4.69, 9.17) is 0 Å². The number of benzene rings is 1. The highest BCUT2D eigenvalue weighted by Gasteiger charge is 2.04. The molecule has 0 aromatic heterocycles. The Kier molecular flexibility index (Phi) is 5.45. The zero-order valence-corrected chi connectivity index (χ0v) is 10.5. The predicted molar refractivity (Wildman–Crippen MR) is 72.8 cm³/mol. The first-order valence-electron chi connectivity index (χ1n) is 6.08. The van der Waals surface area contributed by atoms with Crippen LogP contribution >= 0.6 is 0 Å².